The summed E-state index contributed by atoms with van der Waals surface area (Å²) in [4.78, 5) is 2.50. The molecular weight excluding hydrogens is 280 g/mol. The Bertz CT molecular complexity index is 684. The maximum Gasteiger partial charge on any atom is 0.0914 e. The van der Waals surface area contributed by atoms with Gasteiger partial charge in [-0.3, -0.25) is 0 Å². The molecular formula is C21H26N2. The van der Waals surface area contributed by atoms with Gasteiger partial charge in [0, 0.05) is 24.4 Å². The molecule has 0 bridgehead atoms. The second-order valence-electron chi connectivity index (χ2n) is 6.46. The highest BCUT2D eigenvalue weighted by molar-refractivity contribution is 5.70. The average molecular weight is 306 g/mol. The minimum Gasteiger partial charge on any atom is -0.369 e. The lowest BCUT2D eigenvalue weighted by Crippen LogP contribution is -2.35. The first-order valence-corrected chi connectivity index (χ1v) is 8.34. The zero-order valence-corrected chi connectivity index (χ0v) is 14.6. The van der Waals surface area contributed by atoms with E-state index in [-0.39, 0.29) is 0 Å². The maximum atomic E-state index is 8.62. The second-order valence-corrected chi connectivity index (χ2v) is 6.46. The molecule has 0 fully saturated rings. The molecule has 0 radical (unpaired) electrons. The quantitative estimate of drug-likeness (QED) is 0.559. The largest absolute Gasteiger partial charge is 0.369 e. The van der Waals surface area contributed by atoms with E-state index >= 15 is 0 Å². The van der Waals surface area contributed by atoms with E-state index in [1.54, 1.807) is 6.08 Å². The van der Waals surface area contributed by atoms with Crippen LogP contribution < -0.4 is 4.90 Å². The first kappa shape index (κ1) is 17.1. The van der Waals surface area contributed by atoms with Crippen LogP contribution in [0.15, 0.2) is 48.1 Å². The van der Waals surface area contributed by atoms with Crippen molar-refractivity contribution < 1.29 is 0 Å². The summed E-state index contributed by atoms with van der Waals surface area (Å²) in [7, 11) is 0. The van der Waals surface area contributed by atoms with Crippen molar-refractivity contribution in [3.63, 3.8) is 0 Å². The molecule has 2 rings (SSSR count). The third kappa shape index (κ3) is 4.36. The van der Waals surface area contributed by atoms with E-state index in [0.29, 0.717) is 6.04 Å². The van der Waals surface area contributed by atoms with Gasteiger partial charge in [-0.2, -0.15) is 5.26 Å². The molecule has 1 aromatic rings. The summed E-state index contributed by atoms with van der Waals surface area (Å²) in [6, 6.07) is 9.42. The molecule has 0 saturated carbocycles. The summed E-state index contributed by atoms with van der Waals surface area (Å²) in [5, 5.41) is 8.62. The standard InChI is InChI=1S/C21H26N2/c1-16(2)23-14-6-9-20-15-19(10-11-21(20)23)18(4)8-5-7-17(3)12-13-22/h5,7-8,10-12,15-16H,6,9,14H2,1-4H3/b7-5+,17-12+,18-8+. The fourth-order valence-electron chi connectivity index (χ4n) is 3.00. The predicted octanol–water partition coefficient (Wildman–Crippen LogP) is 5.28. The average Bonchev–Trinajstić information content (AvgIpc) is 2.53. The molecule has 1 aliphatic rings. The molecule has 0 aromatic heterocycles. The summed E-state index contributed by atoms with van der Waals surface area (Å²) in [6.07, 6.45) is 10.0. The molecule has 0 amide bonds. The number of rotatable bonds is 4. The Labute approximate surface area is 140 Å². The highest BCUT2D eigenvalue weighted by Crippen LogP contribution is 2.31. The Morgan fingerprint density at radius 3 is 2.78 bits per heavy atom. The van der Waals surface area contributed by atoms with E-state index in [1.807, 2.05) is 25.1 Å². The molecule has 120 valence electrons. The van der Waals surface area contributed by atoms with Crippen LogP contribution in [-0.4, -0.2) is 12.6 Å². The fourth-order valence-corrected chi connectivity index (χ4v) is 3.00. The van der Waals surface area contributed by atoms with Crippen molar-refractivity contribution >= 4 is 11.3 Å². The number of anilines is 1. The molecule has 0 unspecified atom stereocenters. The summed E-state index contributed by atoms with van der Waals surface area (Å²) >= 11 is 0. The van der Waals surface area contributed by atoms with Gasteiger partial charge in [0.05, 0.1) is 6.07 Å². The second kappa shape index (κ2) is 7.83. The van der Waals surface area contributed by atoms with Crippen molar-refractivity contribution in [2.24, 2.45) is 0 Å². The summed E-state index contributed by atoms with van der Waals surface area (Å²) in [6.45, 7) is 9.75. The number of nitrogens with zero attached hydrogens (tertiary/aromatic N) is 2. The van der Waals surface area contributed by atoms with Gasteiger partial charge < -0.3 is 4.90 Å². The fraction of sp³-hybridized carbons (Fsp3) is 0.381. The van der Waals surface area contributed by atoms with Crippen LogP contribution in [-0.2, 0) is 6.42 Å². The summed E-state index contributed by atoms with van der Waals surface area (Å²) < 4.78 is 0. The number of benzene rings is 1. The molecule has 0 N–H and O–H groups in total. The van der Waals surface area contributed by atoms with Gasteiger partial charge in [-0.25, -0.2) is 0 Å². The van der Waals surface area contributed by atoms with Crippen molar-refractivity contribution in [3.8, 4) is 6.07 Å². The van der Waals surface area contributed by atoms with E-state index in [4.69, 9.17) is 5.26 Å². The van der Waals surface area contributed by atoms with E-state index in [0.717, 1.165) is 12.1 Å². The van der Waals surface area contributed by atoms with Crippen LogP contribution in [0.2, 0.25) is 0 Å². The lowest BCUT2D eigenvalue weighted by molar-refractivity contribution is 0.625. The lowest BCUT2D eigenvalue weighted by atomic mass is 9.95. The van der Waals surface area contributed by atoms with Gasteiger partial charge in [0.1, 0.15) is 0 Å². The lowest BCUT2D eigenvalue weighted by Gasteiger charge is -2.35. The molecule has 1 aliphatic heterocycles. The van der Waals surface area contributed by atoms with Crippen molar-refractivity contribution in [2.75, 3.05) is 11.4 Å². The molecule has 23 heavy (non-hydrogen) atoms. The Kier molecular flexibility index (Phi) is 5.82. The first-order valence-electron chi connectivity index (χ1n) is 8.34. The predicted molar refractivity (Wildman–Crippen MR) is 99.4 cm³/mol. The van der Waals surface area contributed by atoms with Crippen molar-refractivity contribution in [1.82, 2.24) is 0 Å². The van der Waals surface area contributed by atoms with Crippen LogP contribution in [0.25, 0.3) is 5.57 Å². The minimum absolute atomic E-state index is 0.550. The molecule has 2 heteroatoms. The topological polar surface area (TPSA) is 27.0 Å². The van der Waals surface area contributed by atoms with E-state index in [9.17, 15) is 0 Å². The number of hydrogen-bond donors (Lipinski definition) is 0. The highest BCUT2D eigenvalue weighted by atomic mass is 15.2. The monoisotopic (exact) mass is 306 g/mol. The Morgan fingerprint density at radius 1 is 1.30 bits per heavy atom. The Hall–Kier alpha value is -2.27. The highest BCUT2D eigenvalue weighted by Gasteiger charge is 2.19. The van der Waals surface area contributed by atoms with E-state index in [1.165, 1.54) is 35.2 Å². The van der Waals surface area contributed by atoms with Crippen LogP contribution in [0.3, 0.4) is 0 Å². The van der Waals surface area contributed by atoms with Gasteiger partial charge in [0.15, 0.2) is 0 Å². The molecule has 0 atom stereocenters. The third-order valence-corrected chi connectivity index (χ3v) is 4.31. The zero-order valence-electron chi connectivity index (χ0n) is 14.6. The molecule has 2 nitrogen and oxygen atoms in total. The van der Waals surface area contributed by atoms with Gasteiger partial charge in [0.2, 0.25) is 0 Å². The zero-order chi connectivity index (χ0) is 16.8. The summed E-state index contributed by atoms with van der Waals surface area (Å²) in [5.41, 5.74) is 6.34. The van der Waals surface area contributed by atoms with Crippen LogP contribution in [0.1, 0.15) is 45.2 Å². The molecule has 1 heterocycles. The van der Waals surface area contributed by atoms with Crippen LogP contribution in [0, 0.1) is 11.3 Å². The Morgan fingerprint density at radius 2 is 2.09 bits per heavy atom. The van der Waals surface area contributed by atoms with Gasteiger partial charge in [-0.15, -0.1) is 0 Å². The van der Waals surface area contributed by atoms with Gasteiger partial charge in [0.25, 0.3) is 0 Å². The molecule has 0 aliphatic carbocycles. The normalized spacial score (nSPS) is 15.9. The van der Waals surface area contributed by atoms with E-state index in [2.05, 4.69) is 49.9 Å². The molecule has 0 spiro atoms. The molecule has 0 saturated heterocycles. The molecule has 1 aromatic carbocycles. The number of hydrogen-bond acceptors (Lipinski definition) is 2. The van der Waals surface area contributed by atoms with Crippen LogP contribution >= 0.6 is 0 Å². The maximum absolute atomic E-state index is 8.62. The SMILES string of the molecule is CC(/C=C/C=C(\C)c1ccc2c(c1)CCCN2C(C)C)=C\C#N. The Balaban J connectivity index is 2.22. The number of aryl methyl sites for hydroxylation is 1. The first-order chi connectivity index (χ1) is 11.0. The van der Waals surface area contributed by atoms with Gasteiger partial charge in [-0.1, -0.05) is 24.3 Å². The minimum atomic E-state index is 0.550. The summed E-state index contributed by atoms with van der Waals surface area (Å²) in [5.74, 6) is 0. The number of fused-ring (bicyclic) bond motifs is 1. The van der Waals surface area contributed by atoms with Crippen molar-refractivity contribution in [3.05, 3.63) is 59.2 Å². The van der Waals surface area contributed by atoms with E-state index < -0.39 is 0 Å². The number of nitriles is 1. The van der Waals surface area contributed by atoms with Crippen molar-refractivity contribution in [2.45, 2.75) is 46.6 Å². The number of allylic oxidation sites excluding steroid dienone is 6. The van der Waals surface area contributed by atoms with Crippen LogP contribution in [0.4, 0.5) is 5.69 Å². The van der Waals surface area contributed by atoms with Gasteiger partial charge in [-0.05, 0) is 74.9 Å². The van der Waals surface area contributed by atoms with Crippen LogP contribution in [0.5, 0.6) is 0 Å². The smallest absolute Gasteiger partial charge is 0.0914 e. The van der Waals surface area contributed by atoms with Gasteiger partial charge >= 0.3 is 0 Å². The third-order valence-electron chi connectivity index (χ3n) is 4.31. The van der Waals surface area contributed by atoms with Crippen molar-refractivity contribution in [1.29, 1.82) is 5.26 Å².